The molecule has 0 radical (unpaired) electrons. The number of alkyl carbamates (subject to hydrolysis) is 1. The monoisotopic (exact) mass is 317 g/mol. The molecule has 0 rings (SSSR count). The minimum Gasteiger partial charge on any atom is -0.481 e. The Morgan fingerprint density at radius 2 is 1.50 bits per heavy atom. The highest BCUT2D eigenvalue weighted by Crippen LogP contribution is 2.12. The van der Waals surface area contributed by atoms with E-state index in [0.717, 1.165) is 0 Å². The average molecular weight is 317 g/mol. The lowest BCUT2D eigenvalue weighted by atomic mass is 10.1. The van der Waals surface area contributed by atoms with Crippen molar-refractivity contribution in [2.45, 2.75) is 78.0 Å². The quantitative estimate of drug-likeness (QED) is 0.730. The van der Waals surface area contributed by atoms with Gasteiger partial charge in [-0.15, -0.1) is 0 Å². The predicted molar refractivity (Wildman–Crippen MR) is 80.5 cm³/mol. The summed E-state index contributed by atoms with van der Waals surface area (Å²) in [6.45, 7) is 10.4. The highest BCUT2D eigenvalue weighted by Gasteiger charge is 2.23. The predicted octanol–water partition coefficient (Wildman–Crippen LogP) is 2.48. The van der Waals surface area contributed by atoms with E-state index in [1.54, 1.807) is 41.5 Å². The van der Waals surface area contributed by atoms with Crippen molar-refractivity contribution in [3.63, 3.8) is 0 Å². The minimum atomic E-state index is -1.06. The second-order valence-corrected chi connectivity index (χ2v) is 7.07. The third-order valence-corrected chi connectivity index (χ3v) is 2.26. The van der Waals surface area contributed by atoms with E-state index in [1.165, 1.54) is 0 Å². The van der Waals surface area contributed by atoms with Crippen LogP contribution in [0.5, 0.6) is 0 Å². The molecule has 2 N–H and O–H groups in total. The summed E-state index contributed by atoms with van der Waals surface area (Å²) in [7, 11) is 0. The van der Waals surface area contributed by atoms with Crippen LogP contribution in [0.3, 0.4) is 0 Å². The number of nitrogens with one attached hydrogen (secondary N) is 1. The maximum absolute atomic E-state index is 11.7. The van der Waals surface area contributed by atoms with Crippen LogP contribution >= 0.6 is 0 Å². The van der Waals surface area contributed by atoms with Gasteiger partial charge >= 0.3 is 18.0 Å². The Morgan fingerprint density at radius 3 is 1.91 bits per heavy atom. The van der Waals surface area contributed by atoms with Crippen LogP contribution in [0.4, 0.5) is 4.79 Å². The first-order valence-electron chi connectivity index (χ1n) is 7.21. The first-order valence-corrected chi connectivity index (χ1v) is 7.21. The molecule has 22 heavy (non-hydrogen) atoms. The van der Waals surface area contributed by atoms with Crippen molar-refractivity contribution in [1.82, 2.24) is 5.32 Å². The molecule has 0 aliphatic heterocycles. The van der Waals surface area contributed by atoms with Crippen LogP contribution < -0.4 is 5.32 Å². The van der Waals surface area contributed by atoms with E-state index >= 15 is 0 Å². The number of aliphatic carboxylic acids is 1. The molecule has 7 heteroatoms. The molecule has 0 aliphatic rings. The van der Waals surface area contributed by atoms with Crippen molar-refractivity contribution in [1.29, 1.82) is 0 Å². The molecule has 1 amide bonds. The van der Waals surface area contributed by atoms with Gasteiger partial charge in [-0.3, -0.25) is 9.59 Å². The maximum atomic E-state index is 11.7. The molecular formula is C15H27NO6. The fraction of sp³-hybridized carbons (Fsp3) is 0.800. The SMILES string of the molecule is CC(C)(C)OC(=O)CC[C@@H](CC(=O)O)NC(=O)OC(C)(C)C. The van der Waals surface area contributed by atoms with Gasteiger partial charge in [0.1, 0.15) is 11.2 Å². The minimum absolute atomic E-state index is 0.0189. The Kier molecular flexibility index (Phi) is 7.35. The van der Waals surface area contributed by atoms with Crippen LogP contribution in [-0.2, 0) is 19.1 Å². The second-order valence-electron chi connectivity index (χ2n) is 7.07. The first kappa shape index (κ1) is 20.2. The summed E-state index contributed by atoms with van der Waals surface area (Å²) >= 11 is 0. The first-order chi connectivity index (χ1) is 9.78. The summed E-state index contributed by atoms with van der Waals surface area (Å²) in [5.74, 6) is -1.50. The van der Waals surface area contributed by atoms with E-state index < -0.39 is 35.3 Å². The molecule has 0 aliphatic carbocycles. The normalized spacial score (nSPS) is 13.2. The number of ether oxygens (including phenoxy) is 2. The molecule has 0 aromatic heterocycles. The van der Waals surface area contributed by atoms with Gasteiger partial charge in [-0.1, -0.05) is 0 Å². The fourth-order valence-electron chi connectivity index (χ4n) is 1.59. The summed E-state index contributed by atoms with van der Waals surface area (Å²) in [4.78, 5) is 34.2. The number of rotatable bonds is 6. The third kappa shape index (κ3) is 12.0. The molecule has 0 spiro atoms. The van der Waals surface area contributed by atoms with E-state index in [1.807, 2.05) is 0 Å². The molecule has 0 aromatic carbocycles. The summed E-state index contributed by atoms with van der Waals surface area (Å²) in [5, 5.41) is 11.3. The van der Waals surface area contributed by atoms with Crippen molar-refractivity contribution in [2.24, 2.45) is 0 Å². The molecule has 128 valence electrons. The number of amides is 1. The molecular weight excluding hydrogens is 290 g/mol. The topological polar surface area (TPSA) is 102 Å². The number of hydrogen-bond donors (Lipinski definition) is 2. The van der Waals surface area contributed by atoms with Gasteiger partial charge in [0, 0.05) is 12.5 Å². The Balaban J connectivity index is 4.50. The van der Waals surface area contributed by atoms with Crippen molar-refractivity contribution in [3.8, 4) is 0 Å². The number of carboxylic acids is 1. The van der Waals surface area contributed by atoms with Gasteiger partial charge in [0.15, 0.2) is 0 Å². The number of esters is 1. The van der Waals surface area contributed by atoms with Crippen LogP contribution in [0.1, 0.15) is 60.8 Å². The van der Waals surface area contributed by atoms with Gasteiger partial charge < -0.3 is 19.9 Å². The summed E-state index contributed by atoms with van der Waals surface area (Å²) < 4.78 is 10.2. The smallest absolute Gasteiger partial charge is 0.407 e. The maximum Gasteiger partial charge on any atom is 0.407 e. The van der Waals surface area contributed by atoms with Crippen molar-refractivity contribution < 1.29 is 29.0 Å². The van der Waals surface area contributed by atoms with E-state index in [4.69, 9.17) is 14.6 Å². The summed E-state index contributed by atoms with van der Waals surface area (Å²) in [5.41, 5.74) is -1.28. The molecule has 0 heterocycles. The second kappa shape index (κ2) is 8.00. The highest BCUT2D eigenvalue weighted by molar-refractivity contribution is 5.73. The molecule has 0 fully saturated rings. The van der Waals surface area contributed by atoms with Crippen molar-refractivity contribution >= 4 is 18.0 Å². The zero-order valence-corrected chi connectivity index (χ0v) is 14.2. The van der Waals surface area contributed by atoms with Gasteiger partial charge in [-0.25, -0.2) is 4.79 Å². The number of carboxylic acid groups (broad SMARTS) is 1. The van der Waals surface area contributed by atoms with Crippen LogP contribution in [0.15, 0.2) is 0 Å². The van der Waals surface area contributed by atoms with Crippen molar-refractivity contribution in [3.05, 3.63) is 0 Å². The van der Waals surface area contributed by atoms with Gasteiger partial charge in [-0.05, 0) is 48.0 Å². The van der Waals surface area contributed by atoms with Crippen LogP contribution in [-0.4, -0.2) is 40.4 Å². The van der Waals surface area contributed by atoms with Gasteiger partial charge in [0.05, 0.1) is 6.42 Å². The molecule has 0 saturated carbocycles. The Hall–Kier alpha value is -1.79. The van der Waals surface area contributed by atoms with E-state index in [2.05, 4.69) is 5.32 Å². The van der Waals surface area contributed by atoms with Gasteiger partial charge in [-0.2, -0.15) is 0 Å². The van der Waals surface area contributed by atoms with E-state index in [9.17, 15) is 14.4 Å². The van der Waals surface area contributed by atoms with Crippen LogP contribution in [0.2, 0.25) is 0 Å². The molecule has 0 aromatic rings. The molecule has 0 unspecified atom stereocenters. The zero-order valence-electron chi connectivity index (χ0n) is 14.2. The van der Waals surface area contributed by atoms with Gasteiger partial charge in [0.25, 0.3) is 0 Å². The average Bonchev–Trinajstić information content (AvgIpc) is 2.19. The molecule has 0 saturated heterocycles. The lowest BCUT2D eigenvalue weighted by molar-refractivity contribution is -0.155. The number of hydrogen-bond acceptors (Lipinski definition) is 5. The van der Waals surface area contributed by atoms with Gasteiger partial charge in [0.2, 0.25) is 0 Å². The van der Waals surface area contributed by atoms with E-state index in [-0.39, 0.29) is 19.3 Å². The fourth-order valence-corrected chi connectivity index (χ4v) is 1.59. The summed E-state index contributed by atoms with van der Waals surface area (Å²) in [6, 6.07) is -0.695. The standard InChI is InChI=1S/C15H27NO6/c1-14(2,3)21-12(19)8-7-10(9-11(17)18)16-13(20)22-15(4,5)6/h10H,7-9H2,1-6H3,(H,16,20)(H,17,18)/t10-/m0/s1. The molecule has 0 bridgehead atoms. The molecule has 7 nitrogen and oxygen atoms in total. The Bertz CT molecular complexity index is 405. The number of carbonyl (C=O) groups is 3. The lowest BCUT2D eigenvalue weighted by Crippen LogP contribution is -2.40. The lowest BCUT2D eigenvalue weighted by Gasteiger charge is -2.23. The Morgan fingerprint density at radius 1 is 1.00 bits per heavy atom. The highest BCUT2D eigenvalue weighted by atomic mass is 16.6. The Labute approximate surface area is 131 Å². The third-order valence-electron chi connectivity index (χ3n) is 2.26. The zero-order chi connectivity index (χ0) is 17.6. The van der Waals surface area contributed by atoms with Crippen molar-refractivity contribution in [2.75, 3.05) is 0 Å². The van der Waals surface area contributed by atoms with Crippen LogP contribution in [0.25, 0.3) is 0 Å². The number of carbonyl (C=O) groups excluding carboxylic acids is 2. The molecule has 1 atom stereocenters. The summed E-state index contributed by atoms with van der Waals surface area (Å²) in [6.07, 6.45) is -0.809. The van der Waals surface area contributed by atoms with E-state index in [0.29, 0.717) is 0 Å². The van der Waals surface area contributed by atoms with Crippen LogP contribution in [0, 0.1) is 0 Å². The largest absolute Gasteiger partial charge is 0.481 e.